The maximum Gasteiger partial charge on any atom is 0.308 e. The van der Waals surface area contributed by atoms with Crippen LogP contribution in [-0.4, -0.2) is 118 Å². The lowest BCUT2D eigenvalue weighted by molar-refractivity contribution is -0.150. The normalized spacial score (nSPS) is 12.2. The van der Waals surface area contributed by atoms with Crippen LogP contribution in [0.15, 0.2) is 0 Å². The van der Waals surface area contributed by atoms with Crippen LogP contribution in [0.5, 0.6) is 0 Å². The first kappa shape index (κ1) is 37.1. The van der Waals surface area contributed by atoms with Crippen molar-refractivity contribution in [2.45, 2.75) is 59.3 Å². The molecule has 0 saturated heterocycles. The summed E-state index contributed by atoms with van der Waals surface area (Å²) in [6, 6.07) is 0. The topological polar surface area (TPSA) is 100 Å². The smallest absolute Gasteiger partial charge is 0.308 e. The van der Waals surface area contributed by atoms with Crippen LogP contribution in [0.25, 0.3) is 0 Å². The third-order valence-electron chi connectivity index (χ3n) is 5.45. The summed E-state index contributed by atoms with van der Waals surface area (Å²) in [7, 11) is 0. The van der Waals surface area contributed by atoms with Crippen LogP contribution >= 0.6 is 0 Å². The second kappa shape index (κ2) is 32.4. The van der Waals surface area contributed by atoms with Gasteiger partial charge in [-0.25, -0.2) is 0 Å². The number of esters is 1. The molecule has 0 aromatic heterocycles. The SMILES string of the molecule is CCCCOCCOCCOCCOCCOCCOCCOCCOCCOC(=O)C(CC)CCCC. The Morgan fingerprint density at radius 3 is 1.08 bits per heavy atom. The monoisotopic (exact) mass is 552 g/mol. The van der Waals surface area contributed by atoms with Crippen molar-refractivity contribution < 1.29 is 47.4 Å². The molecule has 0 spiro atoms. The van der Waals surface area contributed by atoms with Crippen LogP contribution < -0.4 is 0 Å². The molecule has 228 valence electrons. The first-order chi connectivity index (χ1) is 18.8. The molecule has 0 rings (SSSR count). The molecule has 0 aromatic carbocycles. The van der Waals surface area contributed by atoms with Crippen molar-refractivity contribution in [3.63, 3.8) is 0 Å². The minimum Gasteiger partial charge on any atom is -0.463 e. The van der Waals surface area contributed by atoms with Crippen molar-refractivity contribution in [2.24, 2.45) is 5.92 Å². The van der Waals surface area contributed by atoms with E-state index >= 15 is 0 Å². The molecule has 38 heavy (non-hydrogen) atoms. The molecule has 0 aromatic rings. The van der Waals surface area contributed by atoms with Crippen LogP contribution in [0.3, 0.4) is 0 Å². The summed E-state index contributed by atoms with van der Waals surface area (Å²) in [5.74, 6) is -0.110. The Bertz CT molecular complexity index is 467. The summed E-state index contributed by atoms with van der Waals surface area (Å²) in [6.07, 6.45) is 6.10. The summed E-state index contributed by atoms with van der Waals surface area (Å²) in [5, 5.41) is 0. The number of carbonyl (C=O) groups is 1. The summed E-state index contributed by atoms with van der Waals surface area (Å²) >= 11 is 0. The van der Waals surface area contributed by atoms with Crippen molar-refractivity contribution >= 4 is 5.97 Å². The van der Waals surface area contributed by atoms with E-state index in [-0.39, 0.29) is 18.5 Å². The minimum atomic E-state index is -0.114. The lowest BCUT2D eigenvalue weighted by Gasteiger charge is -2.13. The number of rotatable bonds is 32. The van der Waals surface area contributed by atoms with Gasteiger partial charge in [0.15, 0.2) is 0 Å². The van der Waals surface area contributed by atoms with E-state index in [1.54, 1.807) is 0 Å². The molecule has 0 heterocycles. The van der Waals surface area contributed by atoms with Gasteiger partial charge in [-0.05, 0) is 19.3 Å². The van der Waals surface area contributed by atoms with E-state index in [1.165, 1.54) is 0 Å². The van der Waals surface area contributed by atoms with E-state index < -0.39 is 0 Å². The van der Waals surface area contributed by atoms with Gasteiger partial charge in [0, 0.05) is 6.61 Å². The van der Waals surface area contributed by atoms with Crippen LogP contribution in [0.4, 0.5) is 0 Å². The largest absolute Gasteiger partial charge is 0.463 e. The van der Waals surface area contributed by atoms with Crippen LogP contribution in [-0.2, 0) is 47.4 Å². The van der Waals surface area contributed by atoms with Gasteiger partial charge >= 0.3 is 5.97 Å². The molecule has 0 fully saturated rings. The molecule has 10 heteroatoms. The second-order valence-corrected chi connectivity index (χ2v) is 8.67. The Morgan fingerprint density at radius 2 is 0.763 bits per heavy atom. The van der Waals surface area contributed by atoms with Crippen molar-refractivity contribution in [1.82, 2.24) is 0 Å². The molecule has 1 unspecified atom stereocenters. The fraction of sp³-hybridized carbons (Fsp3) is 0.964. The van der Waals surface area contributed by atoms with Crippen LogP contribution in [0.1, 0.15) is 59.3 Å². The van der Waals surface area contributed by atoms with Gasteiger partial charge in [0.2, 0.25) is 0 Å². The van der Waals surface area contributed by atoms with Gasteiger partial charge in [-0.3, -0.25) is 4.79 Å². The average molecular weight is 553 g/mol. The second-order valence-electron chi connectivity index (χ2n) is 8.67. The van der Waals surface area contributed by atoms with Crippen LogP contribution in [0.2, 0.25) is 0 Å². The third-order valence-corrected chi connectivity index (χ3v) is 5.45. The van der Waals surface area contributed by atoms with Crippen molar-refractivity contribution in [3.05, 3.63) is 0 Å². The zero-order valence-electron chi connectivity index (χ0n) is 24.4. The van der Waals surface area contributed by atoms with Gasteiger partial charge in [-0.2, -0.15) is 0 Å². The standard InChI is InChI=1S/C28H56O10/c1-4-7-9-27(6-3)28(29)38-26-25-37-24-23-36-22-21-35-20-19-34-18-17-33-16-15-32-14-13-31-12-11-30-10-8-5-2/h27H,4-26H2,1-3H3. The van der Waals surface area contributed by atoms with E-state index in [2.05, 4.69) is 13.8 Å². The van der Waals surface area contributed by atoms with Gasteiger partial charge < -0.3 is 42.6 Å². The molecule has 0 saturated carbocycles. The highest BCUT2D eigenvalue weighted by Crippen LogP contribution is 2.14. The third kappa shape index (κ3) is 28.2. The number of unbranched alkanes of at least 4 members (excludes halogenated alkanes) is 2. The van der Waals surface area contributed by atoms with E-state index in [9.17, 15) is 4.79 Å². The molecule has 0 amide bonds. The molecule has 10 nitrogen and oxygen atoms in total. The average Bonchev–Trinajstić information content (AvgIpc) is 2.93. The summed E-state index contributed by atoms with van der Waals surface area (Å²) in [6.45, 7) is 15.2. The van der Waals surface area contributed by atoms with Gasteiger partial charge in [0.05, 0.1) is 105 Å². The first-order valence-corrected chi connectivity index (χ1v) is 14.5. The molecule has 0 N–H and O–H groups in total. The van der Waals surface area contributed by atoms with Crippen molar-refractivity contribution in [2.75, 3.05) is 112 Å². The predicted molar refractivity (Wildman–Crippen MR) is 146 cm³/mol. The van der Waals surface area contributed by atoms with Gasteiger partial charge in [-0.15, -0.1) is 0 Å². The summed E-state index contributed by atoms with van der Waals surface area (Å²) in [5.41, 5.74) is 0. The minimum absolute atomic E-state index is 0.00414. The summed E-state index contributed by atoms with van der Waals surface area (Å²) < 4.78 is 48.8. The zero-order chi connectivity index (χ0) is 27.8. The van der Waals surface area contributed by atoms with E-state index in [0.29, 0.717) is 99.1 Å². The highest BCUT2D eigenvalue weighted by Gasteiger charge is 2.16. The Hall–Kier alpha value is -0.850. The molecule has 1 atom stereocenters. The van der Waals surface area contributed by atoms with Gasteiger partial charge in [0.1, 0.15) is 6.61 Å². The highest BCUT2D eigenvalue weighted by atomic mass is 16.6. The fourth-order valence-electron chi connectivity index (χ4n) is 3.15. The quantitative estimate of drug-likeness (QED) is 0.0907. The Labute approximate surface area is 231 Å². The maximum absolute atomic E-state index is 12.0. The Balaban J connectivity index is 3.16. The molecule has 0 aliphatic rings. The first-order valence-electron chi connectivity index (χ1n) is 14.5. The maximum atomic E-state index is 12.0. The lowest BCUT2D eigenvalue weighted by Crippen LogP contribution is -2.20. The number of ether oxygens (including phenoxy) is 9. The molecule has 0 bridgehead atoms. The van der Waals surface area contributed by atoms with Crippen molar-refractivity contribution in [1.29, 1.82) is 0 Å². The molecule has 0 aliphatic heterocycles. The Morgan fingerprint density at radius 1 is 0.447 bits per heavy atom. The van der Waals surface area contributed by atoms with E-state index in [4.69, 9.17) is 42.6 Å². The van der Waals surface area contributed by atoms with E-state index in [1.807, 2.05) is 6.92 Å². The number of hydrogen-bond acceptors (Lipinski definition) is 10. The van der Waals surface area contributed by atoms with E-state index in [0.717, 1.165) is 45.1 Å². The number of carbonyl (C=O) groups excluding carboxylic acids is 1. The van der Waals surface area contributed by atoms with Crippen LogP contribution in [0, 0.1) is 5.92 Å². The van der Waals surface area contributed by atoms with Gasteiger partial charge in [-0.1, -0.05) is 40.0 Å². The Kier molecular flexibility index (Phi) is 31.6. The summed E-state index contributed by atoms with van der Waals surface area (Å²) in [4.78, 5) is 12.0. The van der Waals surface area contributed by atoms with Gasteiger partial charge in [0.25, 0.3) is 0 Å². The lowest BCUT2D eigenvalue weighted by atomic mass is 10.00. The fourth-order valence-corrected chi connectivity index (χ4v) is 3.15. The van der Waals surface area contributed by atoms with Crippen molar-refractivity contribution in [3.8, 4) is 0 Å². The zero-order valence-corrected chi connectivity index (χ0v) is 24.4. The predicted octanol–water partition coefficient (Wildman–Crippen LogP) is 3.68. The highest BCUT2D eigenvalue weighted by molar-refractivity contribution is 5.72. The molecular formula is C28H56O10. The number of hydrogen-bond donors (Lipinski definition) is 0. The molecule has 0 radical (unpaired) electrons. The molecule has 0 aliphatic carbocycles. The molecular weight excluding hydrogens is 496 g/mol.